The number of rotatable bonds is 4. The lowest BCUT2D eigenvalue weighted by atomic mass is 9.99. The zero-order chi connectivity index (χ0) is 16.4. The van der Waals surface area contributed by atoms with Crippen molar-refractivity contribution in [3.8, 4) is 0 Å². The molecule has 2 amide bonds. The molecule has 1 unspecified atom stereocenters. The lowest BCUT2D eigenvalue weighted by Crippen LogP contribution is -2.35. The third-order valence-corrected chi connectivity index (χ3v) is 3.75. The number of carbonyl (C=O) groups excluding carboxylic acids is 1. The van der Waals surface area contributed by atoms with Crippen LogP contribution in [-0.4, -0.2) is 15.8 Å². The maximum absolute atomic E-state index is 12.3. The highest BCUT2D eigenvalue weighted by atomic mass is 16.3. The fraction of sp³-hybridized carbons (Fsp3) is 0.294. The lowest BCUT2D eigenvalue weighted by molar-refractivity contribution is 0.244. The number of anilines is 1. The molecule has 0 fully saturated rings. The van der Waals surface area contributed by atoms with Crippen molar-refractivity contribution in [2.24, 2.45) is 13.0 Å². The maximum Gasteiger partial charge on any atom is 0.319 e. The van der Waals surface area contributed by atoms with E-state index in [0.29, 0.717) is 0 Å². The van der Waals surface area contributed by atoms with Gasteiger partial charge in [-0.05, 0) is 30.2 Å². The highest BCUT2D eigenvalue weighted by molar-refractivity contribution is 5.92. The molecule has 2 heterocycles. The van der Waals surface area contributed by atoms with E-state index in [4.69, 9.17) is 4.42 Å². The van der Waals surface area contributed by atoms with Gasteiger partial charge in [0.25, 0.3) is 0 Å². The van der Waals surface area contributed by atoms with Crippen LogP contribution < -0.4 is 10.6 Å². The number of aryl methyl sites for hydroxylation is 1. The average molecular weight is 312 g/mol. The fourth-order valence-electron chi connectivity index (χ4n) is 2.59. The van der Waals surface area contributed by atoms with E-state index in [0.717, 1.165) is 22.2 Å². The van der Waals surface area contributed by atoms with E-state index < -0.39 is 0 Å². The van der Waals surface area contributed by atoms with Gasteiger partial charge in [0.1, 0.15) is 5.58 Å². The van der Waals surface area contributed by atoms with Crippen LogP contribution in [0.15, 0.2) is 47.3 Å². The van der Waals surface area contributed by atoms with Gasteiger partial charge in [-0.2, -0.15) is 5.10 Å². The molecule has 6 nitrogen and oxygen atoms in total. The first kappa shape index (κ1) is 15.1. The normalized spacial score (nSPS) is 12.5. The molecule has 120 valence electrons. The summed E-state index contributed by atoms with van der Waals surface area (Å²) < 4.78 is 7.03. The largest absolute Gasteiger partial charge is 0.464 e. The summed E-state index contributed by atoms with van der Waals surface area (Å²) in [4.78, 5) is 12.3. The Balaban J connectivity index is 1.71. The maximum atomic E-state index is 12.3. The monoisotopic (exact) mass is 312 g/mol. The summed E-state index contributed by atoms with van der Waals surface area (Å²) >= 11 is 0. The van der Waals surface area contributed by atoms with Gasteiger partial charge in [-0.3, -0.25) is 4.68 Å². The van der Waals surface area contributed by atoms with Crippen molar-refractivity contribution in [1.82, 2.24) is 15.1 Å². The van der Waals surface area contributed by atoms with Gasteiger partial charge in [-0.25, -0.2) is 4.79 Å². The highest BCUT2D eigenvalue weighted by Crippen LogP contribution is 2.22. The minimum absolute atomic E-state index is 0.0960. The molecule has 0 spiro atoms. The second-order valence-corrected chi connectivity index (χ2v) is 5.94. The van der Waals surface area contributed by atoms with Gasteiger partial charge in [0.05, 0.1) is 18.5 Å². The lowest BCUT2D eigenvalue weighted by Gasteiger charge is -2.21. The number of hydrogen-bond donors (Lipinski definition) is 2. The molecule has 0 aliphatic rings. The van der Waals surface area contributed by atoms with Crippen molar-refractivity contribution in [2.45, 2.75) is 19.9 Å². The van der Waals surface area contributed by atoms with E-state index in [1.54, 1.807) is 17.1 Å². The minimum atomic E-state index is -0.240. The Morgan fingerprint density at radius 1 is 1.30 bits per heavy atom. The number of carbonyl (C=O) groups is 1. The van der Waals surface area contributed by atoms with E-state index >= 15 is 0 Å². The number of furan rings is 1. The van der Waals surface area contributed by atoms with Crippen molar-refractivity contribution in [3.05, 3.63) is 48.5 Å². The van der Waals surface area contributed by atoms with E-state index in [-0.39, 0.29) is 18.0 Å². The van der Waals surface area contributed by atoms with E-state index in [1.165, 1.54) is 0 Å². The van der Waals surface area contributed by atoms with Crippen molar-refractivity contribution < 1.29 is 9.21 Å². The molecule has 1 aromatic carbocycles. The number of amides is 2. The van der Waals surface area contributed by atoms with Crippen LogP contribution in [-0.2, 0) is 7.05 Å². The van der Waals surface area contributed by atoms with Crippen LogP contribution in [0.2, 0.25) is 0 Å². The topological polar surface area (TPSA) is 72.1 Å². The zero-order valence-corrected chi connectivity index (χ0v) is 13.4. The summed E-state index contributed by atoms with van der Waals surface area (Å²) in [5.41, 5.74) is 2.51. The summed E-state index contributed by atoms with van der Waals surface area (Å²) in [7, 11) is 1.86. The van der Waals surface area contributed by atoms with Crippen LogP contribution in [0.4, 0.5) is 10.5 Å². The summed E-state index contributed by atoms with van der Waals surface area (Å²) in [6.45, 7) is 4.13. The quantitative estimate of drug-likeness (QED) is 0.772. The van der Waals surface area contributed by atoms with Gasteiger partial charge in [-0.15, -0.1) is 0 Å². The Labute approximate surface area is 134 Å². The van der Waals surface area contributed by atoms with Gasteiger partial charge in [0, 0.05) is 29.9 Å². The first-order chi connectivity index (χ1) is 11.0. The molecule has 3 rings (SSSR count). The van der Waals surface area contributed by atoms with Crippen molar-refractivity contribution >= 4 is 22.7 Å². The van der Waals surface area contributed by atoms with Crippen LogP contribution in [0.3, 0.4) is 0 Å². The van der Waals surface area contributed by atoms with Crippen molar-refractivity contribution in [2.75, 3.05) is 5.32 Å². The Hall–Kier alpha value is -2.76. The molecule has 0 saturated heterocycles. The molecular weight excluding hydrogens is 292 g/mol. The van der Waals surface area contributed by atoms with Crippen LogP contribution >= 0.6 is 0 Å². The predicted octanol–water partition coefficient (Wildman–Crippen LogP) is 3.69. The highest BCUT2D eigenvalue weighted by Gasteiger charge is 2.19. The number of urea groups is 1. The molecule has 0 aliphatic carbocycles. The molecular formula is C17H20N4O2. The van der Waals surface area contributed by atoms with Crippen molar-refractivity contribution in [3.63, 3.8) is 0 Å². The van der Waals surface area contributed by atoms with Crippen molar-refractivity contribution in [1.29, 1.82) is 0 Å². The molecule has 2 aromatic heterocycles. The number of hydrogen-bond acceptors (Lipinski definition) is 3. The van der Waals surface area contributed by atoms with Crippen LogP contribution in [0.25, 0.3) is 11.0 Å². The third-order valence-electron chi connectivity index (χ3n) is 3.75. The minimum Gasteiger partial charge on any atom is -0.464 e. The molecule has 0 bridgehead atoms. The van der Waals surface area contributed by atoms with E-state index in [9.17, 15) is 4.79 Å². The number of nitrogens with one attached hydrogen (secondary N) is 2. The molecule has 6 heteroatoms. The Kier molecular flexibility index (Phi) is 4.06. The van der Waals surface area contributed by atoms with E-state index in [1.807, 2.05) is 37.5 Å². The number of benzene rings is 1. The Morgan fingerprint density at radius 2 is 2.13 bits per heavy atom. The molecule has 2 N–H and O–H groups in total. The average Bonchev–Trinajstić information content (AvgIpc) is 3.12. The number of aromatic nitrogens is 2. The molecule has 23 heavy (non-hydrogen) atoms. The molecule has 0 saturated carbocycles. The molecule has 1 atom stereocenters. The zero-order valence-electron chi connectivity index (χ0n) is 13.4. The Morgan fingerprint density at radius 3 is 2.83 bits per heavy atom. The smallest absolute Gasteiger partial charge is 0.319 e. The first-order valence-electron chi connectivity index (χ1n) is 7.56. The summed E-state index contributed by atoms with van der Waals surface area (Å²) in [5, 5.41) is 11.0. The van der Waals surface area contributed by atoms with Gasteiger partial charge in [0.2, 0.25) is 0 Å². The number of nitrogens with zero attached hydrogens (tertiary/aromatic N) is 2. The summed E-state index contributed by atoms with van der Waals surface area (Å²) in [5.74, 6) is 0.251. The van der Waals surface area contributed by atoms with Crippen LogP contribution in [0.5, 0.6) is 0 Å². The SMILES string of the molecule is CC(C)C(NC(=O)Nc1ccc2occc2c1)c1cnn(C)c1. The van der Waals surface area contributed by atoms with Gasteiger partial charge >= 0.3 is 6.03 Å². The molecule has 3 aromatic rings. The third kappa shape index (κ3) is 3.36. The second kappa shape index (κ2) is 6.16. The van der Waals surface area contributed by atoms with Gasteiger partial charge in [-0.1, -0.05) is 13.8 Å². The Bertz CT molecular complexity index is 819. The van der Waals surface area contributed by atoms with E-state index in [2.05, 4.69) is 29.6 Å². The van der Waals surface area contributed by atoms with Crippen LogP contribution in [0.1, 0.15) is 25.5 Å². The standard InChI is InChI=1S/C17H20N4O2/c1-11(2)16(13-9-18-21(3)10-13)20-17(22)19-14-4-5-15-12(8-14)6-7-23-15/h4-11,16H,1-3H3,(H2,19,20,22). The second-order valence-electron chi connectivity index (χ2n) is 5.94. The predicted molar refractivity (Wildman–Crippen MR) is 89.2 cm³/mol. The van der Waals surface area contributed by atoms with Gasteiger partial charge < -0.3 is 15.1 Å². The molecule has 0 aliphatic heterocycles. The first-order valence-corrected chi connectivity index (χ1v) is 7.56. The molecule has 0 radical (unpaired) electrons. The van der Waals surface area contributed by atoms with Gasteiger partial charge in [0.15, 0.2) is 0 Å². The fourth-order valence-corrected chi connectivity index (χ4v) is 2.59. The number of fused-ring (bicyclic) bond motifs is 1. The summed E-state index contributed by atoms with van der Waals surface area (Å²) in [6, 6.07) is 7.07. The van der Waals surface area contributed by atoms with Crippen LogP contribution in [0, 0.1) is 5.92 Å². The summed E-state index contributed by atoms with van der Waals surface area (Å²) in [6.07, 6.45) is 5.33.